The van der Waals surface area contributed by atoms with E-state index in [0.717, 1.165) is 18.4 Å². The Morgan fingerprint density at radius 3 is 2.82 bits per heavy atom. The van der Waals surface area contributed by atoms with Gasteiger partial charge in [0.15, 0.2) is 0 Å². The molecule has 0 saturated heterocycles. The topological polar surface area (TPSA) is 72.5 Å². The van der Waals surface area contributed by atoms with Gasteiger partial charge < -0.3 is 15.6 Å². The first-order valence-electron chi connectivity index (χ1n) is 5.67. The number of carboxylic acid groups (broad SMARTS) is 1. The van der Waals surface area contributed by atoms with Gasteiger partial charge >= 0.3 is 5.97 Å². The van der Waals surface area contributed by atoms with Crippen LogP contribution in [0, 0.1) is 0 Å². The van der Waals surface area contributed by atoms with Crippen molar-refractivity contribution in [2.75, 3.05) is 13.7 Å². The summed E-state index contributed by atoms with van der Waals surface area (Å²) in [6.45, 7) is 0.679. The van der Waals surface area contributed by atoms with Crippen LogP contribution in [0.4, 0.5) is 0 Å². The van der Waals surface area contributed by atoms with Crippen molar-refractivity contribution in [3.8, 4) is 0 Å². The highest BCUT2D eigenvalue weighted by Crippen LogP contribution is 2.48. The summed E-state index contributed by atoms with van der Waals surface area (Å²) in [4.78, 5) is 10.9. The van der Waals surface area contributed by atoms with Crippen LogP contribution < -0.4 is 5.73 Å². The molecule has 4 nitrogen and oxygen atoms in total. The molecule has 2 rings (SSSR count). The molecule has 92 valence electrons. The summed E-state index contributed by atoms with van der Waals surface area (Å²) in [6.07, 6.45) is 2.18. The zero-order valence-corrected chi connectivity index (χ0v) is 9.85. The number of hydrogen-bond acceptors (Lipinski definition) is 3. The fourth-order valence-corrected chi connectivity index (χ4v) is 2.15. The minimum atomic E-state index is -1.00. The standard InChI is InChI=1S/C13H17NO3/c1-17-8-13(5-6-13)10-4-2-3-9(7-10)11(14)12(15)16/h2-4,7,11H,5-6,8,14H2,1H3,(H,15,16). The number of carbonyl (C=O) groups is 1. The van der Waals surface area contributed by atoms with Gasteiger partial charge in [0, 0.05) is 12.5 Å². The zero-order valence-electron chi connectivity index (χ0n) is 9.85. The molecule has 1 fully saturated rings. The number of ether oxygens (including phenoxy) is 1. The van der Waals surface area contributed by atoms with Crippen LogP contribution in [0.3, 0.4) is 0 Å². The van der Waals surface area contributed by atoms with E-state index in [-0.39, 0.29) is 5.41 Å². The second-order valence-corrected chi connectivity index (χ2v) is 4.65. The van der Waals surface area contributed by atoms with Gasteiger partial charge in [-0.3, -0.25) is 4.79 Å². The van der Waals surface area contributed by atoms with Crippen LogP contribution in [0.1, 0.15) is 30.0 Å². The van der Waals surface area contributed by atoms with E-state index in [1.807, 2.05) is 18.2 Å². The molecule has 1 aliphatic rings. The summed E-state index contributed by atoms with van der Waals surface area (Å²) >= 11 is 0. The van der Waals surface area contributed by atoms with E-state index >= 15 is 0 Å². The van der Waals surface area contributed by atoms with E-state index < -0.39 is 12.0 Å². The smallest absolute Gasteiger partial charge is 0.325 e. The number of methoxy groups -OCH3 is 1. The summed E-state index contributed by atoms with van der Waals surface area (Å²) in [5.41, 5.74) is 7.48. The van der Waals surface area contributed by atoms with E-state index in [1.54, 1.807) is 13.2 Å². The highest BCUT2D eigenvalue weighted by molar-refractivity contribution is 5.75. The number of aliphatic carboxylic acids is 1. The Labute approximate surface area is 100 Å². The van der Waals surface area contributed by atoms with E-state index in [4.69, 9.17) is 15.6 Å². The van der Waals surface area contributed by atoms with Crippen LogP contribution in [0.15, 0.2) is 24.3 Å². The summed E-state index contributed by atoms with van der Waals surface area (Å²) in [7, 11) is 1.69. The molecular weight excluding hydrogens is 218 g/mol. The van der Waals surface area contributed by atoms with E-state index in [2.05, 4.69) is 0 Å². The van der Waals surface area contributed by atoms with Crippen LogP contribution in [0.2, 0.25) is 0 Å². The SMILES string of the molecule is COCC1(c2cccc(C(N)C(=O)O)c2)CC1. The number of carboxylic acids is 1. The molecule has 0 heterocycles. The lowest BCUT2D eigenvalue weighted by molar-refractivity contribution is -0.138. The molecule has 0 amide bonds. The third-order valence-electron chi connectivity index (χ3n) is 3.40. The van der Waals surface area contributed by atoms with Crippen molar-refractivity contribution in [2.45, 2.75) is 24.3 Å². The van der Waals surface area contributed by atoms with Crippen molar-refractivity contribution in [3.63, 3.8) is 0 Å². The zero-order chi connectivity index (χ0) is 12.5. The summed E-state index contributed by atoms with van der Waals surface area (Å²) < 4.78 is 5.22. The van der Waals surface area contributed by atoms with Gasteiger partial charge in [0.1, 0.15) is 6.04 Å². The number of nitrogens with two attached hydrogens (primary N) is 1. The van der Waals surface area contributed by atoms with Gasteiger partial charge in [-0.1, -0.05) is 24.3 Å². The van der Waals surface area contributed by atoms with Crippen molar-refractivity contribution in [2.24, 2.45) is 5.73 Å². The van der Waals surface area contributed by atoms with Crippen molar-refractivity contribution < 1.29 is 14.6 Å². The average molecular weight is 235 g/mol. The number of rotatable bonds is 5. The van der Waals surface area contributed by atoms with Gasteiger partial charge in [0.05, 0.1) is 6.61 Å². The fourth-order valence-electron chi connectivity index (χ4n) is 2.15. The monoisotopic (exact) mass is 235 g/mol. The first-order chi connectivity index (χ1) is 8.09. The molecule has 17 heavy (non-hydrogen) atoms. The Morgan fingerprint density at radius 1 is 1.59 bits per heavy atom. The first kappa shape index (κ1) is 12.1. The molecule has 1 atom stereocenters. The normalized spacial score (nSPS) is 18.7. The predicted molar refractivity (Wildman–Crippen MR) is 63.8 cm³/mol. The highest BCUT2D eigenvalue weighted by Gasteiger charge is 2.44. The maximum atomic E-state index is 10.9. The lowest BCUT2D eigenvalue weighted by atomic mass is 9.93. The molecule has 1 unspecified atom stereocenters. The second-order valence-electron chi connectivity index (χ2n) is 4.65. The Balaban J connectivity index is 2.26. The Hall–Kier alpha value is -1.39. The quantitative estimate of drug-likeness (QED) is 0.810. The van der Waals surface area contributed by atoms with E-state index in [9.17, 15) is 4.79 Å². The first-order valence-corrected chi connectivity index (χ1v) is 5.67. The van der Waals surface area contributed by atoms with Gasteiger partial charge in [0.2, 0.25) is 0 Å². The molecule has 0 radical (unpaired) electrons. The molecule has 0 aromatic heterocycles. The van der Waals surface area contributed by atoms with Gasteiger partial charge in [-0.15, -0.1) is 0 Å². The van der Waals surface area contributed by atoms with Crippen molar-refractivity contribution in [1.29, 1.82) is 0 Å². The third-order valence-corrected chi connectivity index (χ3v) is 3.40. The molecular formula is C13H17NO3. The molecule has 1 aromatic rings. The molecule has 4 heteroatoms. The lowest BCUT2D eigenvalue weighted by Crippen LogP contribution is -2.21. The van der Waals surface area contributed by atoms with Crippen LogP contribution in [-0.2, 0) is 14.9 Å². The van der Waals surface area contributed by atoms with Crippen molar-refractivity contribution >= 4 is 5.97 Å². The molecule has 1 aliphatic carbocycles. The number of hydrogen-bond donors (Lipinski definition) is 2. The van der Waals surface area contributed by atoms with Crippen LogP contribution in [0.5, 0.6) is 0 Å². The Kier molecular flexibility index (Phi) is 3.17. The fraction of sp³-hybridized carbons (Fsp3) is 0.462. The molecule has 1 aromatic carbocycles. The molecule has 0 bridgehead atoms. The van der Waals surface area contributed by atoms with Gasteiger partial charge in [-0.25, -0.2) is 0 Å². The molecule has 0 aliphatic heterocycles. The Bertz CT molecular complexity index is 426. The van der Waals surface area contributed by atoms with Gasteiger partial charge in [-0.2, -0.15) is 0 Å². The highest BCUT2D eigenvalue weighted by atomic mass is 16.5. The minimum absolute atomic E-state index is 0.0863. The maximum Gasteiger partial charge on any atom is 0.325 e. The van der Waals surface area contributed by atoms with Crippen LogP contribution in [0.25, 0.3) is 0 Å². The predicted octanol–water partition coefficient (Wildman–Crippen LogP) is 1.45. The minimum Gasteiger partial charge on any atom is -0.480 e. The molecule has 3 N–H and O–H groups in total. The largest absolute Gasteiger partial charge is 0.480 e. The van der Waals surface area contributed by atoms with Gasteiger partial charge in [0.25, 0.3) is 0 Å². The summed E-state index contributed by atoms with van der Waals surface area (Å²) in [6, 6.07) is 6.58. The molecule has 0 spiro atoms. The van der Waals surface area contributed by atoms with Gasteiger partial charge in [-0.05, 0) is 24.0 Å². The van der Waals surface area contributed by atoms with Crippen molar-refractivity contribution in [1.82, 2.24) is 0 Å². The van der Waals surface area contributed by atoms with E-state index in [1.165, 1.54) is 0 Å². The van der Waals surface area contributed by atoms with Crippen LogP contribution in [-0.4, -0.2) is 24.8 Å². The lowest BCUT2D eigenvalue weighted by Gasteiger charge is -2.16. The summed E-state index contributed by atoms with van der Waals surface area (Å²) in [5.74, 6) is -1.00. The third kappa shape index (κ3) is 2.33. The van der Waals surface area contributed by atoms with Crippen molar-refractivity contribution in [3.05, 3.63) is 35.4 Å². The average Bonchev–Trinajstić information content (AvgIpc) is 3.10. The Morgan fingerprint density at radius 2 is 2.29 bits per heavy atom. The van der Waals surface area contributed by atoms with Crippen LogP contribution >= 0.6 is 0 Å². The number of benzene rings is 1. The maximum absolute atomic E-state index is 10.9. The second kappa shape index (κ2) is 4.47. The van der Waals surface area contributed by atoms with E-state index in [0.29, 0.717) is 12.2 Å². The summed E-state index contributed by atoms with van der Waals surface area (Å²) in [5, 5.41) is 8.90. The molecule has 1 saturated carbocycles.